The highest BCUT2D eigenvalue weighted by atomic mass is 32.1. The molecule has 0 saturated heterocycles. The first-order valence-electron chi connectivity index (χ1n) is 5.98. The largest absolute Gasteiger partial charge is 0.494 e. The van der Waals surface area contributed by atoms with Crippen molar-refractivity contribution in [2.45, 2.75) is 19.9 Å². The minimum Gasteiger partial charge on any atom is -0.494 e. The maximum atomic E-state index is 11.9. The molecule has 19 heavy (non-hydrogen) atoms. The monoisotopic (exact) mass is 282 g/mol. The van der Waals surface area contributed by atoms with Gasteiger partial charge in [-0.25, -0.2) is 0 Å². The van der Waals surface area contributed by atoms with Gasteiger partial charge in [0.15, 0.2) is 0 Å². The molecule has 2 N–H and O–H groups in total. The highest BCUT2D eigenvalue weighted by Crippen LogP contribution is 2.17. The third-order valence-electron chi connectivity index (χ3n) is 2.29. The van der Waals surface area contributed by atoms with Crippen LogP contribution < -0.4 is 15.4 Å². The maximum absolute atomic E-state index is 11.9. The van der Waals surface area contributed by atoms with Crippen LogP contribution >= 0.6 is 12.6 Å². The number of thiol groups is 1. The van der Waals surface area contributed by atoms with E-state index in [2.05, 4.69) is 23.3 Å². The lowest BCUT2D eigenvalue weighted by atomic mass is 10.2. The topological polar surface area (TPSA) is 67.4 Å². The Labute approximate surface area is 118 Å². The predicted molar refractivity (Wildman–Crippen MR) is 77.7 cm³/mol. The number of ether oxygens (including phenoxy) is 1. The number of amides is 2. The van der Waals surface area contributed by atoms with Crippen molar-refractivity contribution >= 4 is 30.1 Å². The Kier molecular flexibility index (Phi) is 6.21. The van der Waals surface area contributed by atoms with Crippen LogP contribution in [0.3, 0.4) is 0 Å². The SMILES string of the molecule is CCOc1cccc(NC(=O)C(CS)NC(C)=O)c1. The third kappa shape index (κ3) is 5.21. The third-order valence-corrected chi connectivity index (χ3v) is 2.65. The molecule has 1 atom stereocenters. The van der Waals surface area contributed by atoms with Gasteiger partial charge in [-0.3, -0.25) is 9.59 Å². The average Bonchev–Trinajstić information content (AvgIpc) is 2.36. The first-order valence-corrected chi connectivity index (χ1v) is 6.61. The number of hydrogen-bond acceptors (Lipinski definition) is 4. The van der Waals surface area contributed by atoms with Crippen molar-refractivity contribution in [2.75, 3.05) is 17.7 Å². The Balaban J connectivity index is 2.69. The van der Waals surface area contributed by atoms with Gasteiger partial charge in [-0.15, -0.1) is 0 Å². The van der Waals surface area contributed by atoms with Gasteiger partial charge in [-0.05, 0) is 19.1 Å². The van der Waals surface area contributed by atoms with Crippen molar-refractivity contribution in [1.29, 1.82) is 0 Å². The van der Waals surface area contributed by atoms with Crippen molar-refractivity contribution in [3.8, 4) is 5.75 Å². The van der Waals surface area contributed by atoms with E-state index in [1.54, 1.807) is 18.2 Å². The quantitative estimate of drug-likeness (QED) is 0.692. The Bertz CT molecular complexity index is 451. The van der Waals surface area contributed by atoms with Crippen LogP contribution in [0.15, 0.2) is 24.3 Å². The number of carbonyl (C=O) groups excluding carboxylic acids is 2. The molecule has 1 rings (SSSR count). The molecule has 0 aliphatic carbocycles. The minimum atomic E-state index is -0.656. The fraction of sp³-hybridized carbons (Fsp3) is 0.385. The van der Waals surface area contributed by atoms with Gasteiger partial charge < -0.3 is 15.4 Å². The van der Waals surface area contributed by atoms with Gasteiger partial charge in [0.05, 0.1) is 6.61 Å². The molecule has 6 heteroatoms. The number of benzene rings is 1. The summed E-state index contributed by atoms with van der Waals surface area (Å²) < 4.78 is 5.34. The van der Waals surface area contributed by atoms with E-state index in [0.717, 1.165) is 0 Å². The van der Waals surface area contributed by atoms with Crippen LogP contribution in [0.25, 0.3) is 0 Å². The van der Waals surface area contributed by atoms with E-state index in [9.17, 15) is 9.59 Å². The Hall–Kier alpha value is -1.69. The smallest absolute Gasteiger partial charge is 0.247 e. The molecule has 0 saturated carbocycles. The van der Waals surface area contributed by atoms with Gasteiger partial charge in [-0.2, -0.15) is 12.6 Å². The second-order valence-corrected chi connectivity index (χ2v) is 4.25. The molecule has 1 aromatic rings. The van der Waals surface area contributed by atoms with E-state index >= 15 is 0 Å². The first-order chi connectivity index (χ1) is 9.06. The van der Waals surface area contributed by atoms with Crippen LogP contribution in [0.5, 0.6) is 5.75 Å². The van der Waals surface area contributed by atoms with E-state index in [4.69, 9.17) is 4.74 Å². The van der Waals surface area contributed by atoms with Gasteiger partial charge in [0, 0.05) is 24.4 Å². The molecule has 0 aliphatic rings. The zero-order valence-electron chi connectivity index (χ0n) is 11.0. The van der Waals surface area contributed by atoms with Crippen molar-refractivity contribution in [3.63, 3.8) is 0 Å². The zero-order chi connectivity index (χ0) is 14.3. The fourth-order valence-corrected chi connectivity index (χ4v) is 1.76. The van der Waals surface area contributed by atoms with Gasteiger partial charge in [0.25, 0.3) is 0 Å². The molecule has 0 aromatic heterocycles. The van der Waals surface area contributed by atoms with E-state index in [1.807, 2.05) is 13.0 Å². The lowest BCUT2D eigenvalue weighted by Gasteiger charge is -2.15. The number of hydrogen-bond donors (Lipinski definition) is 3. The van der Waals surface area contributed by atoms with E-state index in [0.29, 0.717) is 18.0 Å². The second kappa shape index (κ2) is 7.68. The van der Waals surface area contributed by atoms with Crippen LogP contribution in [0, 0.1) is 0 Å². The van der Waals surface area contributed by atoms with Crippen molar-refractivity contribution in [1.82, 2.24) is 5.32 Å². The summed E-state index contributed by atoms with van der Waals surface area (Å²) in [5, 5.41) is 5.25. The molecule has 2 amide bonds. The van der Waals surface area contributed by atoms with Gasteiger partial charge in [0.1, 0.15) is 11.8 Å². The molecular formula is C13H18N2O3S. The molecular weight excluding hydrogens is 264 g/mol. The predicted octanol–water partition coefficient (Wildman–Crippen LogP) is 1.46. The molecule has 1 aromatic carbocycles. The van der Waals surface area contributed by atoms with Crippen molar-refractivity contribution in [3.05, 3.63) is 24.3 Å². The Morgan fingerprint density at radius 1 is 1.42 bits per heavy atom. The van der Waals surface area contributed by atoms with Crippen LogP contribution in [0.1, 0.15) is 13.8 Å². The minimum absolute atomic E-state index is 0.233. The Morgan fingerprint density at radius 2 is 2.16 bits per heavy atom. The fourth-order valence-electron chi connectivity index (χ4n) is 1.50. The zero-order valence-corrected chi connectivity index (χ0v) is 11.9. The molecule has 0 radical (unpaired) electrons. The molecule has 1 unspecified atom stereocenters. The summed E-state index contributed by atoms with van der Waals surface area (Å²) in [4.78, 5) is 22.9. The summed E-state index contributed by atoms with van der Waals surface area (Å²) in [5.74, 6) is 0.342. The molecule has 104 valence electrons. The molecule has 0 aliphatic heterocycles. The lowest BCUT2D eigenvalue weighted by Crippen LogP contribution is -2.44. The summed E-state index contributed by atoms with van der Waals surface area (Å²) in [6.07, 6.45) is 0. The molecule has 0 fully saturated rings. The van der Waals surface area contributed by atoms with Crippen LogP contribution in [-0.4, -0.2) is 30.2 Å². The van der Waals surface area contributed by atoms with Crippen molar-refractivity contribution in [2.24, 2.45) is 0 Å². The van der Waals surface area contributed by atoms with E-state index in [-0.39, 0.29) is 17.6 Å². The van der Waals surface area contributed by atoms with E-state index < -0.39 is 6.04 Å². The standard InChI is InChI=1S/C13H18N2O3S/c1-3-18-11-6-4-5-10(7-11)15-13(17)12(8-19)14-9(2)16/h4-7,12,19H,3,8H2,1-2H3,(H,14,16)(H,15,17). The highest BCUT2D eigenvalue weighted by Gasteiger charge is 2.17. The van der Waals surface area contributed by atoms with E-state index in [1.165, 1.54) is 6.92 Å². The summed E-state index contributed by atoms with van der Waals surface area (Å²) >= 11 is 4.05. The molecule has 5 nitrogen and oxygen atoms in total. The number of nitrogens with one attached hydrogen (secondary N) is 2. The molecule has 0 spiro atoms. The highest BCUT2D eigenvalue weighted by molar-refractivity contribution is 7.80. The normalized spacial score (nSPS) is 11.5. The first kappa shape index (κ1) is 15.4. The summed E-state index contributed by atoms with van der Waals surface area (Å²) in [5.41, 5.74) is 0.619. The second-order valence-electron chi connectivity index (χ2n) is 3.89. The van der Waals surface area contributed by atoms with Crippen molar-refractivity contribution < 1.29 is 14.3 Å². The number of rotatable bonds is 6. The lowest BCUT2D eigenvalue weighted by molar-refractivity contribution is -0.124. The molecule has 0 bridgehead atoms. The van der Waals surface area contributed by atoms with Gasteiger partial charge in [-0.1, -0.05) is 6.07 Å². The average molecular weight is 282 g/mol. The van der Waals surface area contributed by atoms with Gasteiger partial charge >= 0.3 is 0 Å². The summed E-state index contributed by atoms with van der Waals surface area (Å²) in [6.45, 7) is 3.81. The van der Waals surface area contributed by atoms with Crippen LogP contribution in [0.2, 0.25) is 0 Å². The van der Waals surface area contributed by atoms with Crippen LogP contribution in [-0.2, 0) is 9.59 Å². The summed E-state index contributed by atoms with van der Waals surface area (Å²) in [6, 6.07) is 6.42. The Morgan fingerprint density at radius 3 is 2.74 bits per heavy atom. The molecule has 0 heterocycles. The number of anilines is 1. The number of carbonyl (C=O) groups is 2. The summed E-state index contributed by atoms with van der Waals surface area (Å²) in [7, 11) is 0. The van der Waals surface area contributed by atoms with Gasteiger partial charge in [0.2, 0.25) is 11.8 Å². The van der Waals surface area contributed by atoms with Crippen LogP contribution in [0.4, 0.5) is 5.69 Å². The maximum Gasteiger partial charge on any atom is 0.247 e.